The van der Waals surface area contributed by atoms with Crippen molar-refractivity contribution in [1.82, 2.24) is 10.6 Å². The molecule has 0 aliphatic rings. The van der Waals surface area contributed by atoms with Crippen LogP contribution in [0.2, 0.25) is 0 Å². The molecule has 154 valence electrons. The first-order valence-electron chi connectivity index (χ1n) is 8.89. The summed E-state index contributed by atoms with van der Waals surface area (Å²) >= 11 is 0. The van der Waals surface area contributed by atoms with Crippen LogP contribution in [0.1, 0.15) is 28.4 Å². The maximum atomic E-state index is 12.3. The standard InChI is InChI=1S/C21H24N2O6/c1-27-17-10-9-15(11-18(17)28-2)21(26)22-13-19(24)23-16(12-20(25)29-3)14-7-5-4-6-8-14/h4-11,16H,12-13H2,1-3H3,(H,22,26)(H,23,24). The van der Waals surface area contributed by atoms with Gasteiger partial charge in [-0.1, -0.05) is 30.3 Å². The van der Waals surface area contributed by atoms with E-state index in [0.29, 0.717) is 17.1 Å². The van der Waals surface area contributed by atoms with E-state index in [9.17, 15) is 14.4 Å². The Morgan fingerprint density at radius 3 is 2.24 bits per heavy atom. The van der Waals surface area contributed by atoms with Crippen molar-refractivity contribution in [3.63, 3.8) is 0 Å². The molecule has 2 aromatic carbocycles. The molecule has 8 nitrogen and oxygen atoms in total. The number of nitrogens with one attached hydrogen (secondary N) is 2. The smallest absolute Gasteiger partial charge is 0.307 e. The highest BCUT2D eigenvalue weighted by atomic mass is 16.5. The number of carbonyl (C=O) groups is 3. The van der Waals surface area contributed by atoms with Crippen molar-refractivity contribution in [2.24, 2.45) is 0 Å². The Labute approximate surface area is 169 Å². The number of benzene rings is 2. The van der Waals surface area contributed by atoms with Crippen LogP contribution in [0.25, 0.3) is 0 Å². The van der Waals surface area contributed by atoms with E-state index in [2.05, 4.69) is 10.6 Å². The number of rotatable bonds is 9. The second-order valence-corrected chi connectivity index (χ2v) is 6.06. The Kier molecular flexibility index (Phi) is 8.02. The number of amides is 2. The molecule has 2 N–H and O–H groups in total. The summed E-state index contributed by atoms with van der Waals surface area (Å²) in [4.78, 5) is 36.3. The first-order valence-corrected chi connectivity index (χ1v) is 8.89. The van der Waals surface area contributed by atoms with Crippen LogP contribution >= 0.6 is 0 Å². The lowest BCUT2D eigenvalue weighted by atomic mass is 10.0. The third-order valence-corrected chi connectivity index (χ3v) is 4.19. The second kappa shape index (κ2) is 10.7. The van der Waals surface area contributed by atoms with Gasteiger partial charge < -0.3 is 24.8 Å². The molecule has 0 aliphatic heterocycles. The van der Waals surface area contributed by atoms with Gasteiger partial charge in [-0.2, -0.15) is 0 Å². The molecule has 2 rings (SSSR count). The summed E-state index contributed by atoms with van der Waals surface area (Å²) in [5.74, 6) is -0.419. The molecule has 29 heavy (non-hydrogen) atoms. The molecular weight excluding hydrogens is 376 g/mol. The van der Waals surface area contributed by atoms with Crippen molar-refractivity contribution in [2.45, 2.75) is 12.5 Å². The van der Waals surface area contributed by atoms with Gasteiger partial charge in [0.2, 0.25) is 5.91 Å². The lowest BCUT2D eigenvalue weighted by Crippen LogP contribution is -2.39. The lowest BCUT2D eigenvalue weighted by Gasteiger charge is -2.18. The molecule has 0 fully saturated rings. The highest BCUT2D eigenvalue weighted by Gasteiger charge is 2.19. The average molecular weight is 400 g/mol. The summed E-state index contributed by atoms with van der Waals surface area (Å²) in [6, 6.07) is 13.2. The predicted octanol–water partition coefficient (Wildman–Crippen LogP) is 1.85. The van der Waals surface area contributed by atoms with Crippen LogP contribution in [0.4, 0.5) is 0 Å². The van der Waals surface area contributed by atoms with Crippen molar-refractivity contribution in [3.05, 3.63) is 59.7 Å². The molecule has 0 radical (unpaired) electrons. The molecule has 8 heteroatoms. The van der Waals surface area contributed by atoms with E-state index >= 15 is 0 Å². The SMILES string of the molecule is COC(=O)CC(NC(=O)CNC(=O)c1ccc(OC)c(OC)c1)c1ccccc1. The Hall–Kier alpha value is -3.55. The Morgan fingerprint density at radius 2 is 1.62 bits per heavy atom. The lowest BCUT2D eigenvalue weighted by molar-refractivity contribution is -0.141. The van der Waals surface area contributed by atoms with Crippen molar-refractivity contribution in [3.8, 4) is 11.5 Å². The van der Waals surface area contributed by atoms with E-state index < -0.39 is 23.8 Å². The van der Waals surface area contributed by atoms with Crippen LogP contribution in [-0.2, 0) is 14.3 Å². The fourth-order valence-electron chi connectivity index (χ4n) is 2.67. The second-order valence-electron chi connectivity index (χ2n) is 6.06. The topological polar surface area (TPSA) is 103 Å². The Bertz CT molecular complexity index is 854. The van der Waals surface area contributed by atoms with Gasteiger partial charge >= 0.3 is 5.97 Å². The minimum atomic E-state index is -0.561. The predicted molar refractivity (Wildman–Crippen MR) is 106 cm³/mol. The quantitative estimate of drug-likeness (QED) is 0.623. The monoisotopic (exact) mass is 400 g/mol. The molecular formula is C21H24N2O6. The first kappa shape index (κ1) is 21.7. The van der Waals surface area contributed by atoms with Crippen molar-refractivity contribution < 1.29 is 28.6 Å². The highest BCUT2D eigenvalue weighted by Crippen LogP contribution is 2.27. The van der Waals surface area contributed by atoms with Crippen LogP contribution in [-0.4, -0.2) is 45.7 Å². The summed E-state index contributed by atoms with van der Waals surface area (Å²) < 4.78 is 15.0. The van der Waals surface area contributed by atoms with E-state index in [1.54, 1.807) is 24.3 Å². The number of methoxy groups -OCH3 is 3. The fraction of sp³-hybridized carbons (Fsp3) is 0.286. The van der Waals surface area contributed by atoms with Crippen LogP contribution < -0.4 is 20.1 Å². The zero-order valence-corrected chi connectivity index (χ0v) is 16.6. The van der Waals surface area contributed by atoms with Gasteiger partial charge in [-0.05, 0) is 23.8 Å². The third-order valence-electron chi connectivity index (χ3n) is 4.19. The molecule has 1 unspecified atom stereocenters. The van der Waals surface area contributed by atoms with Crippen LogP contribution in [0, 0.1) is 0 Å². The molecule has 2 amide bonds. The highest BCUT2D eigenvalue weighted by molar-refractivity contribution is 5.97. The molecule has 0 saturated heterocycles. The summed E-state index contributed by atoms with van der Waals surface area (Å²) in [6.07, 6.45) is -0.0180. The van der Waals surface area contributed by atoms with E-state index in [1.807, 2.05) is 18.2 Å². The maximum absolute atomic E-state index is 12.3. The molecule has 0 aliphatic carbocycles. The van der Waals surface area contributed by atoms with Gasteiger partial charge in [0.1, 0.15) is 0 Å². The zero-order valence-electron chi connectivity index (χ0n) is 16.6. The first-order chi connectivity index (χ1) is 14.0. The van der Waals surface area contributed by atoms with Gasteiger partial charge in [0, 0.05) is 5.56 Å². The van der Waals surface area contributed by atoms with Crippen LogP contribution in [0.5, 0.6) is 11.5 Å². The maximum Gasteiger partial charge on any atom is 0.307 e. The average Bonchev–Trinajstić information content (AvgIpc) is 2.76. The summed E-state index contributed by atoms with van der Waals surface area (Å²) in [6.45, 7) is -0.252. The Balaban J connectivity index is 1.99. The van der Waals surface area contributed by atoms with Crippen molar-refractivity contribution in [1.29, 1.82) is 0 Å². The normalized spacial score (nSPS) is 11.1. The minimum absolute atomic E-state index is 0.0180. The number of esters is 1. The van der Waals surface area contributed by atoms with Gasteiger partial charge in [-0.3, -0.25) is 14.4 Å². The largest absolute Gasteiger partial charge is 0.493 e. The van der Waals surface area contributed by atoms with E-state index in [0.717, 1.165) is 5.56 Å². The van der Waals surface area contributed by atoms with E-state index in [4.69, 9.17) is 14.2 Å². The summed E-state index contributed by atoms with van der Waals surface area (Å²) in [5.41, 5.74) is 1.09. The zero-order chi connectivity index (χ0) is 21.2. The van der Waals surface area contributed by atoms with Crippen molar-refractivity contribution in [2.75, 3.05) is 27.9 Å². The van der Waals surface area contributed by atoms with Crippen molar-refractivity contribution >= 4 is 17.8 Å². The molecule has 0 saturated carbocycles. The number of hydrogen-bond acceptors (Lipinski definition) is 6. The summed E-state index contributed by atoms with van der Waals surface area (Å²) in [7, 11) is 4.26. The van der Waals surface area contributed by atoms with Crippen LogP contribution in [0.3, 0.4) is 0 Å². The Morgan fingerprint density at radius 1 is 0.931 bits per heavy atom. The molecule has 1 atom stereocenters. The molecule has 2 aromatic rings. The molecule has 0 spiro atoms. The van der Waals surface area contributed by atoms with Crippen LogP contribution in [0.15, 0.2) is 48.5 Å². The minimum Gasteiger partial charge on any atom is -0.493 e. The third kappa shape index (κ3) is 6.24. The fourth-order valence-corrected chi connectivity index (χ4v) is 2.67. The van der Waals surface area contributed by atoms with Gasteiger partial charge in [-0.25, -0.2) is 0 Å². The van der Waals surface area contributed by atoms with Gasteiger partial charge in [-0.15, -0.1) is 0 Å². The number of hydrogen-bond donors (Lipinski definition) is 2. The number of ether oxygens (including phenoxy) is 3. The van der Waals surface area contributed by atoms with Gasteiger partial charge in [0.25, 0.3) is 5.91 Å². The number of carbonyl (C=O) groups excluding carboxylic acids is 3. The van der Waals surface area contributed by atoms with E-state index in [-0.39, 0.29) is 13.0 Å². The molecule has 0 bridgehead atoms. The van der Waals surface area contributed by atoms with E-state index in [1.165, 1.54) is 27.4 Å². The molecule has 0 aromatic heterocycles. The summed E-state index contributed by atoms with van der Waals surface area (Å²) in [5, 5.41) is 5.30. The van der Waals surface area contributed by atoms with Gasteiger partial charge in [0.05, 0.1) is 40.3 Å². The molecule has 0 heterocycles. The van der Waals surface area contributed by atoms with Gasteiger partial charge in [0.15, 0.2) is 11.5 Å².